The first-order valence-electron chi connectivity index (χ1n) is 2.28. The highest BCUT2D eigenvalue weighted by Crippen LogP contribution is 1.81. The number of guanidine groups is 1. The minimum Gasteiger partial charge on any atom is -0.344 e. The Morgan fingerprint density at radius 1 is 2.00 bits per heavy atom. The lowest BCUT2D eigenvalue weighted by Gasteiger charge is -1.84. The lowest BCUT2D eigenvalue weighted by molar-refractivity contribution is -0.485. The van der Waals surface area contributed by atoms with E-state index >= 15 is 0 Å². The maximum Gasteiger partial charge on any atom is 0.294 e. The van der Waals surface area contributed by atoms with Gasteiger partial charge in [0.15, 0.2) is 5.03 Å². The number of rotatable bonds is 1. The van der Waals surface area contributed by atoms with Crippen molar-refractivity contribution in [2.45, 2.75) is 0 Å². The number of nitro groups is 1. The monoisotopic (exact) mass is 128 g/mol. The van der Waals surface area contributed by atoms with Gasteiger partial charge in [-0.05, 0) is 0 Å². The van der Waals surface area contributed by atoms with Crippen molar-refractivity contribution in [3.63, 3.8) is 0 Å². The molecular formula is C3H4N4O2. The predicted molar refractivity (Wildman–Crippen MR) is 30.9 cm³/mol. The van der Waals surface area contributed by atoms with Crippen molar-refractivity contribution in [2.75, 3.05) is 6.54 Å². The molecule has 0 spiro atoms. The summed E-state index contributed by atoms with van der Waals surface area (Å²) in [6.07, 6.45) is 1.52. The zero-order valence-electron chi connectivity index (χ0n) is 4.44. The maximum atomic E-state index is 9.66. The Balaban J connectivity index is 2.61. The Bertz CT molecular complexity index is 184. The molecule has 0 fully saturated rings. The molecule has 0 atom stereocenters. The molecule has 9 heavy (non-hydrogen) atoms. The van der Waals surface area contributed by atoms with Gasteiger partial charge < -0.3 is 5.32 Å². The van der Waals surface area contributed by atoms with Gasteiger partial charge in [-0.1, -0.05) is 0 Å². The van der Waals surface area contributed by atoms with Crippen molar-refractivity contribution in [3.8, 4) is 0 Å². The molecule has 0 unspecified atom stereocenters. The number of hydrazone groups is 1. The highest BCUT2D eigenvalue weighted by molar-refractivity contribution is 5.93. The second-order valence-electron chi connectivity index (χ2n) is 1.35. The number of nitrogens with zero attached hydrogens (tertiary/aromatic N) is 3. The van der Waals surface area contributed by atoms with Gasteiger partial charge in [-0.3, -0.25) is 0 Å². The Labute approximate surface area is 50.4 Å². The molecule has 1 rings (SSSR count). The summed E-state index contributed by atoms with van der Waals surface area (Å²) in [4.78, 5) is 13.2. The predicted octanol–water partition coefficient (Wildman–Crippen LogP) is -0.792. The topological polar surface area (TPSA) is 79.9 Å². The van der Waals surface area contributed by atoms with Crippen LogP contribution >= 0.6 is 0 Å². The molecule has 0 bridgehead atoms. The van der Waals surface area contributed by atoms with E-state index in [0.29, 0.717) is 6.54 Å². The first-order valence-corrected chi connectivity index (χ1v) is 2.28. The Kier molecular flexibility index (Phi) is 1.39. The van der Waals surface area contributed by atoms with Crippen LogP contribution in [0.5, 0.6) is 0 Å². The molecule has 0 amide bonds. The standard InChI is InChI=1S/C3H4N4O2/c8-7(9)6-3-4-1-2-5-3/h1H,2H2,(H,5,6). The first-order chi connectivity index (χ1) is 4.29. The third-order valence-electron chi connectivity index (χ3n) is 0.741. The molecule has 1 heterocycles. The number of hydrogen-bond acceptors (Lipinski definition) is 2. The minimum atomic E-state index is -0.787. The van der Waals surface area contributed by atoms with Crippen LogP contribution in [0, 0.1) is 10.1 Å². The fourth-order valence-electron chi connectivity index (χ4n) is 0.453. The van der Waals surface area contributed by atoms with E-state index in [4.69, 9.17) is 0 Å². The smallest absolute Gasteiger partial charge is 0.294 e. The molecule has 0 radical (unpaired) electrons. The van der Waals surface area contributed by atoms with Gasteiger partial charge in [-0.25, -0.2) is 15.1 Å². The number of nitrogens with one attached hydrogen (secondary N) is 1. The van der Waals surface area contributed by atoms with Gasteiger partial charge in [-0.15, -0.1) is 0 Å². The van der Waals surface area contributed by atoms with Crippen LogP contribution in [0.25, 0.3) is 0 Å². The summed E-state index contributed by atoms with van der Waals surface area (Å²) in [5.41, 5.74) is 0. The van der Waals surface area contributed by atoms with E-state index in [2.05, 4.69) is 15.4 Å². The van der Waals surface area contributed by atoms with E-state index in [9.17, 15) is 10.1 Å². The fraction of sp³-hybridized carbons (Fsp3) is 0.333. The summed E-state index contributed by atoms with van der Waals surface area (Å²) >= 11 is 0. The van der Waals surface area contributed by atoms with E-state index in [-0.39, 0.29) is 5.96 Å². The van der Waals surface area contributed by atoms with Gasteiger partial charge >= 0.3 is 0 Å². The minimum absolute atomic E-state index is 0.0694. The summed E-state index contributed by atoms with van der Waals surface area (Å²) in [7, 11) is 0. The van der Waals surface area contributed by atoms with Gasteiger partial charge in [0.25, 0.3) is 5.96 Å². The molecule has 6 nitrogen and oxygen atoms in total. The molecule has 6 heteroatoms. The van der Waals surface area contributed by atoms with Crippen molar-refractivity contribution in [2.24, 2.45) is 10.1 Å². The SMILES string of the molecule is O=[N+]([O-])N=C1N=CCN1. The molecule has 0 aliphatic carbocycles. The second kappa shape index (κ2) is 2.21. The van der Waals surface area contributed by atoms with E-state index in [1.807, 2.05) is 0 Å². The average Bonchev–Trinajstić information content (AvgIpc) is 2.15. The molecule has 0 aromatic heterocycles. The second-order valence-corrected chi connectivity index (χ2v) is 1.35. The molecule has 0 saturated heterocycles. The van der Waals surface area contributed by atoms with Crippen LogP contribution in [0.15, 0.2) is 10.1 Å². The highest BCUT2D eigenvalue weighted by atomic mass is 16.7. The lowest BCUT2D eigenvalue weighted by atomic mass is 10.8. The van der Waals surface area contributed by atoms with Crippen LogP contribution in [-0.4, -0.2) is 23.8 Å². The quantitative estimate of drug-likeness (QED) is 0.371. The molecule has 1 aliphatic rings. The first kappa shape index (κ1) is 5.67. The van der Waals surface area contributed by atoms with Gasteiger partial charge in [0.2, 0.25) is 0 Å². The summed E-state index contributed by atoms with van der Waals surface area (Å²) in [5, 5.41) is 14.4. The van der Waals surface area contributed by atoms with Gasteiger partial charge in [-0.2, -0.15) is 0 Å². The molecule has 0 aromatic rings. The fourth-order valence-corrected chi connectivity index (χ4v) is 0.453. The van der Waals surface area contributed by atoms with E-state index in [1.165, 1.54) is 6.21 Å². The largest absolute Gasteiger partial charge is 0.344 e. The maximum absolute atomic E-state index is 9.66. The molecule has 0 aromatic carbocycles. The van der Waals surface area contributed by atoms with E-state index in [1.54, 1.807) is 0 Å². The third-order valence-corrected chi connectivity index (χ3v) is 0.741. The van der Waals surface area contributed by atoms with Crippen LogP contribution in [0.4, 0.5) is 0 Å². The summed E-state index contributed by atoms with van der Waals surface area (Å²) in [6.45, 7) is 0.521. The summed E-state index contributed by atoms with van der Waals surface area (Å²) in [5.74, 6) is 0.0694. The summed E-state index contributed by atoms with van der Waals surface area (Å²) < 4.78 is 0. The number of hydrogen-bond donors (Lipinski definition) is 1. The zero-order valence-corrected chi connectivity index (χ0v) is 4.44. The molecular weight excluding hydrogens is 124 g/mol. The summed E-state index contributed by atoms with van der Waals surface area (Å²) in [6, 6.07) is 0. The van der Waals surface area contributed by atoms with Crippen molar-refractivity contribution >= 4 is 12.2 Å². The van der Waals surface area contributed by atoms with Gasteiger partial charge in [0, 0.05) is 6.21 Å². The van der Waals surface area contributed by atoms with Crippen LogP contribution in [0.2, 0.25) is 0 Å². The van der Waals surface area contributed by atoms with Crippen LogP contribution in [0.3, 0.4) is 0 Å². The van der Waals surface area contributed by atoms with Gasteiger partial charge in [0.1, 0.15) is 5.10 Å². The Morgan fingerprint density at radius 2 is 2.78 bits per heavy atom. The molecule has 1 aliphatic heterocycles. The van der Waals surface area contributed by atoms with Crippen molar-refractivity contribution in [1.82, 2.24) is 5.32 Å². The van der Waals surface area contributed by atoms with Crippen LogP contribution < -0.4 is 5.32 Å². The Morgan fingerprint density at radius 3 is 3.22 bits per heavy atom. The van der Waals surface area contributed by atoms with E-state index < -0.39 is 5.03 Å². The Hall–Kier alpha value is -1.46. The van der Waals surface area contributed by atoms with Crippen molar-refractivity contribution < 1.29 is 5.03 Å². The lowest BCUT2D eigenvalue weighted by Crippen LogP contribution is -2.16. The normalized spacial score (nSPS) is 20.2. The molecule has 48 valence electrons. The zero-order chi connectivity index (χ0) is 6.69. The average molecular weight is 128 g/mol. The van der Waals surface area contributed by atoms with Crippen molar-refractivity contribution in [1.29, 1.82) is 0 Å². The van der Waals surface area contributed by atoms with Crippen LogP contribution in [-0.2, 0) is 0 Å². The highest BCUT2D eigenvalue weighted by Gasteiger charge is 2.04. The number of aliphatic imine (C=N–C) groups is 1. The van der Waals surface area contributed by atoms with Crippen molar-refractivity contribution in [3.05, 3.63) is 10.1 Å². The molecule has 1 N–H and O–H groups in total. The molecule has 0 saturated carbocycles. The van der Waals surface area contributed by atoms with Crippen LogP contribution in [0.1, 0.15) is 0 Å². The third kappa shape index (κ3) is 1.48. The van der Waals surface area contributed by atoms with E-state index in [0.717, 1.165) is 0 Å². The van der Waals surface area contributed by atoms with Gasteiger partial charge in [0.05, 0.1) is 6.54 Å².